The lowest BCUT2D eigenvalue weighted by atomic mass is 10.2. The minimum atomic E-state index is 0.00904. The van der Waals surface area contributed by atoms with E-state index < -0.39 is 0 Å². The Balaban J connectivity index is 2.02. The van der Waals surface area contributed by atoms with Crippen molar-refractivity contribution in [2.45, 2.75) is 6.54 Å². The molecule has 0 aromatic heterocycles. The number of methoxy groups -OCH3 is 2. The molecule has 5 heteroatoms. The van der Waals surface area contributed by atoms with Gasteiger partial charge in [-0.05, 0) is 29.8 Å². The number of benzene rings is 2. The van der Waals surface area contributed by atoms with E-state index in [4.69, 9.17) is 9.47 Å². The predicted molar refractivity (Wildman–Crippen MR) is 78.1 cm³/mol. The van der Waals surface area contributed by atoms with Gasteiger partial charge >= 0.3 is 0 Å². The van der Waals surface area contributed by atoms with Crippen molar-refractivity contribution in [1.29, 1.82) is 0 Å². The van der Waals surface area contributed by atoms with Crippen LogP contribution in [0.25, 0.3) is 0 Å². The lowest BCUT2D eigenvalue weighted by Gasteiger charge is -2.12. The number of phenolic OH excluding ortho intramolecular Hbond substituents is 1. The maximum absolute atomic E-state index is 9.83. The standard InChI is InChI=1S/C15H18N2O3/c1-19-13-8-11(9-14(20-2)15(13)18)10-16-17-12-6-4-3-5-7-12/h3-9,16-18H,10H2,1-2H3. The maximum Gasteiger partial charge on any atom is 0.200 e. The van der Waals surface area contributed by atoms with E-state index in [0.29, 0.717) is 18.0 Å². The first kappa shape index (κ1) is 14.0. The smallest absolute Gasteiger partial charge is 0.200 e. The van der Waals surface area contributed by atoms with E-state index in [9.17, 15) is 5.11 Å². The fourth-order valence-corrected chi connectivity index (χ4v) is 1.82. The summed E-state index contributed by atoms with van der Waals surface area (Å²) in [4.78, 5) is 0. The van der Waals surface area contributed by atoms with Gasteiger partial charge in [0.05, 0.1) is 14.2 Å². The molecule has 3 N–H and O–H groups in total. The monoisotopic (exact) mass is 274 g/mol. The van der Waals surface area contributed by atoms with Crippen LogP contribution in [0.5, 0.6) is 17.2 Å². The van der Waals surface area contributed by atoms with Gasteiger partial charge in [0.25, 0.3) is 0 Å². The van der Waals surface area contributed by atoms with Crippen LogP contribution in [0, 0.1) is 0 Å². The lowest BCUT2D eigenvalue weighted by Crippen LogP contribution is -2.20. The highest BCUT2D eigenvalue weighted by Crippen LogP contribution is 2.36. The summed E-state index contributed by atoms with van der Waals surface area (Å²) < 4.78 is 10.2. The molecule has 0 amide bonds. The molecule has 5 nitrogen and oxygen atoms in total. The van der Waals surface area contributed by atoms with Gasteiger partial charge in [0, 0.05) is 12.2 Å². The Labute approximate surface area is 118 Å². The summed E-state index contributed by atoms with van der Waals surface area (Å²) in [6, 6.07) is 13.3. The fraction of sp³-hybridized carbons (Fsp3) is 0.200. The number of hydrogen-bond acceptors (Lipinski definition) is 5. The van der Waals surface area contributed by atoms with Crippen LogP contribution < -0.4 is 20.3 Å². The second kappa shape index (κ2) is 6.68. The molecule has 0 spiro atoms. The number of anilines is 1. The molecular formula is C15H18N2O3. The van der Waals surface area contributed by atoms with Gasteiger partial charge in [-0.25, -0.2) is 5.43 Å². The molecule has 106 valence electrons. The zero-order valence-electron chi connectivity index (χ0n) is 11.5. The summed E-state index contributed by atoms with van der Waals surface area (Å²) in [5.41, 5.74) is 8.09. The zero-order valence-corrected chi connectivity index (χ0v) is 11.5. The number of hydrazine groups is 1. The molecule has 0 unspecified atom stereocenters. The van der Waals surface area contributed by atoms with Crippen LogP contribution in [0.15, 0.2) is 42.5 Å². The number of para-hydroxylation sites is 1. The summed E-state index contributed by atoms with van der Waals surface area (Å²) in [5.74, 6) is 0.788. The van der Waals surface area contributed by atoms with Crippen LogP contribution in [-0.4, -0.2) is 19.3 Å². The Morgan fingerprint density at radius 1 is 1.00 bits per heavy atom. The highest BCUT2D eigenvalue weighted by Gasteiger charge is 2.10. The van der Waals surface area contributed by atoms with Crippen molar-refractivity contribution in [3.05, 3.63) is 48.0 Å². The number of nitrogens with one attached hydrogen (secondary N) is 2. The Hall–Kier alpha value is -2.40. The second-order valence-corrected chi connectivity index (χ2v) is 4.19. The number of phenols is 1. The van der Waals surface area contributed by atoms with Crippen molar-refractivity contribution >= 4 is 5.69 Å². The van der Waals surface area contributed by atoms with E-state index in [-0.39, 0.29) is 5.75 Å². The van der Waals surface area contributed by atoms with Gasteiger partial charge in [0.15, 0.2) is 11.5 Å². The molecule has 0 saturated carbocycles. The highest BCUT2D eigenvalue weighted by atomic mass is 16.5. The van der Waals surface area contributed by atoms with Crippen molar-refractivity contribution in [2.75, 3.05) is 19.6 Å². The van der Waals surface area contributed by atoms with Gasteiger partial charge in [-0.15, -0.1) is 0 Å². The Morgan fingerprint density at radius 3 is 2.15 bits per heavy atom. The minimum Gasteiger partial charge on any atom is -0.502 e. The largest absolute Gasteiger partial charge is 0.502 e. The summed E-state index contributed by atoms with van der Waals surface area (Å²) in [5, 5.41) is 9.83. The summed E-state index contributed by atoms with van der Waals surface area (Å²) >= 11 is 0. The normalized spacial score (nSPS) is 10.1. The summed E-state index contributed by atoms with van der Waals surface area (Å²) in [6.45, 7) is 0.557. The molecule has 0 radical (unpaired) electrons. The molecule has 0 atom stereocenters. The Bertz CT molecular complexity index is 533. The summed E-state index contributed by atoms with van der Waals surface area (Å²) in [6.07, 6.45) is 0. The van der Waals surface area contributed by atoms with Gasteiger partial charge in [0.2, 0.25) is 5.75 Å². The molecule has 2 aromatic rings. The van der Waals surface area contributed by atoms with E-state index in [0.717, 1.165) is 11.3 Å². The fourth-order valence-electron chi connectivity index (χ4n) is 1.82. The molecule has 0 aliphatic carbocycles. The van der Waals surface area contributed by atoms with Gasteiger partial charge in [-0.1, -0.05) is 18.2 Å². The molecule has 0 aliphatic rings. The third-order valence-corrected chi connectivity index (χ3v) is 2.84. The first-order valence-corrected chi connectivity index (χ1v) is 6.22. The lowest BCUT2D eigenvalue weighted by molar-refractivity contribution is 0.339. The number of hydrogen-bond donors (Lipinski definition) is 3. The Kier molecular flexibility index (Phi) is 4.68. The van der Waals surface area contributed by atoms with E-state index in [1.165, 1.54) is 14.2 Å². The van der Waals surface area contributed by atoms with Crippen LogP contribution in [0.3, 0.4) is 0 Å². The zero-order chi connectivity index (χ0) is 14.4. The van der Waals surface area contributed by atoms with Crippen molar-refractivity contribution < 1.29 is 14.6 Å². The molecule has 0 bridgehead atoms. The van der Waals surface area contributed by atoms with Crippen molar-refractivity contribution in [1.82, 2.24) is 5.43 Å². The molecule has 0 heterocycles. The van der Waals surface area contributed by atoms with E-state index in [2.05, 4.69) is 10.9 Å². The van der Waals surface area contributed by atoms with Crippen molar-refractivity contribution in [3.63, 3.8) is 0 Å². The first-order valence-electron chi connectivity index (χ1n) is 6.22. The molecule has 20 heavy (non-hydrogen) atoms. The van der Waals surface area contributed by atoms with E-state index in [1.54, 1.807) is 12.1 Å². The van der Waals surface area contributed by atoms with E-state index >= 15 is 0 Å². The molecule has 0 aliphatic heterocycles. The second-order valence-electron chi connectivity index (χ2n) is 4.19. The minimum absolute atomic E-state index is 0.00904. The number of aromatic hydroxyl groups is 1. The molecule has 2 rings (SSSR count). The molecular weight excluding hydrogens is 256 g/mol. The SMILES string of the molecule is COc1cc(CNNc2ccccc2)cc(OC)c1O. The number of rotatable bonds is 6. The highest BCUT2D eigenvalue weighted by molar-refractivity contribution is 5.52. The van der Waals surface area contributed by atoms with Crippen molar-refractivity contribution in [3.8, 4) is 17.2 Å². The van der Waals surface area contributed by atoms with Crippen molar-refractivity contribution in [2.24, 2.45) is 0 Å². The van der Waals surface area contributed by atoms with Crippen LogP contribution >= 0.6 is 0 Å². The predicted octanol–water partition coefficient (Wildman–Crippen LogP) is 2.53. The quantitative estimate of drug-likeness (QED) is 0.707. The van der Waals surface area contributed by atoms with Gasteiger partial charge in [0.1, 0.15) is 0 Å². The average Bonchev–Trinajstić information content (AvgIpc) is 2.49. The molecule has 0 fully saturated rings. The topological polar surface area (TPSA) is 62.8 Å². The summed E-state index contributed by atoms with van der Waals surface area (Å²) in [7, 11) is 3.02. The third kappa shape index (κ3) is 3.33. The van der Waals surface area contributed by atoms with Crippen LogP contribution in [0.4, 0.5) is 5.69 Å². The van der Waals surface area contributed by atoms with Crippen LogP contribution in [0.1, 0.15) is 5.56 Å². The molecule has 2 aromatic carbocycles. The van der Waals surface area contributed by atoms with Gasteiger partial charge in [-0.2, -0.15) is 0 Å². The van der Waals surface area contributed by atoms with Crippen LogP contribution in [-0.2, 0) is 6.54 Å². The Morgan fingerprint density at radius 2 is 1.60 bits per heavy atom. The number of ether oxygens (including phenoxy) is 2. The van der Waals surface area contributed by atoms with Gasteiger partial charge in [-0.3, -0.25) is 0 Å². The average molecular weight is 274 g/mol. The first-order chi connectivity index (χ1) is 9.74. The van der Waals surface area contributed by atoms with Crippen LogP contribution in [0.2, 0.25) is 0 Å². The van der Waals surface area contributed by atoms with Gasteiger partial charge < -0.3 is 20.0 Å². The third-order valence-electron chi connectivity index (χ3n) is 2.84. The molecule has 0 saturated heterocycles. The van der Waals surface area contributed by atoms with E-state index in [1.807, 2.05) is 30.3 Å². The maximum atomic E-state index is 9.83.